The molecule has 0 bridgehead atoms. The molecule has 138 valence electrons. The number of esters is 1. The van der Waals surface area contributed by atoms with Crippen LogP contribution in [0.2, 0.25) is 0 Å². The van der Waals surface area contributed by atoms with Crippen LogP contribution in [0.15, 0.2) is 24.3 Å². The van der Waals surface area contributed by atoms with Crippen LogP contribution < -0.4 is 0 Å². The Balaban J connectivity index is 3.84. The molecule has 0 spiro atoms. The third-order valence-corrected chi connectivity index (χ3v) is 3.89. The smallest absolute Gasteiger partial charge is 0.302 e. The molecule has 3 nitrogen and oxygen atoms in total. The fourth-order valence-corrected chi connectivity index (χ4v) is 2.56. The van der Waals surface area contributed by atoms with E-state index in [1.54, 1.807) is 6.92 Å². The molecule has 0 aromatic rings. The van der Waals surface area contributed by atoms with Crippen molar-refractivity contribution in [2.75, 3.05) is 0 Å². The van der Waals surface area contributed by atoms with Crippen LogP contribution in [0.3, 0.4) is 0 Å². The summed E-state index contributed by atoms with van der Waals surface area (Å²) in [6.07, 6.45) is 19.9. The lowest BCUT2D eigenvalue weighted by atomic mass is 10.1. The largest absolute Gasteiger partial charge is 0.462 e. The molecule has 0 saturated carbocycles. The van der Waals surface area contributed by atoms with E-state index in [1.165, 1.54) is 26.2 Å². The fourth-order valence-electron chi connectivity index (χ4n) is 2.56. The average molecular weight is 337 g/mol. The highest BCUT2D eigenvalue weighted by Crippen LogP contribution is 2.12. The quantitative estimate of drug-likeness (QED) is 0.211. The highest BCUT2D eigenvalue weighted by Gasteiger charge is 2.09. The van der Waals surface area contributed by atoms with Gasteiger partial charge in [-0.15, -0.1) is 0 Å². The molecule has 1 unspecified atom stereocenters. The molecule has 0 aliphatic carbocycles. The topological polar surface area (TPSA) is 43.4 Å². The van der Waals surface area contributed by atoms with Gasteiger partial charge in [0.1, 0.15) is 11.9 Å². The van der Waals surface area contributed by atoms with Gasteiger partial charge in [0.2, 0.25) is 0 Å². The molecule has 0 rings (SSSR count). The standard InChI is InChI=1S/C21H36O3/c1-4-5-6-14-17-21(24-20(3)23)18-15-12-10-8-7-9-11-13-16-19(2)22/h8,10,12,15,21H,4-7,9,11,13-14,16-18H2,1-3H3/b10-8+,15-12+. The van der Waals surface area contributed by atoms with E-state index in [2.05, 4.69) is 25.2 Å². The molecule has 3 heteroatoms. The van der Waals surface area contributed by atoms with Gasteiger partial charge in [-0.1, -0.05) is 56.9 Å². The number of carbonyl (C=O) groups is 2. The van der Waals surface area contributed by atoms with E-state index in [1.807, 2.05) is 6.08 Å². The van der Waals surface area contributed by atoms with E-state index in [9.17, 15) is 9.59 Å². The summed E-state index contributed by atoms with van der Waals surface area (Å²) in [6.45, 7) is 5.33. The minimum Gasteiger partial charge on any atom is -0.462 e. The number of ketones is 1. The van der Waals surface area contributed by atoms with Gasteiger partial charge in [0.05, 0.1) is 0 Å². The van der Waals surface area contributed by atoms with Crippen molar-refractivity contribution in [2.24, 2.45) is 0 Å². The van der Waals surface area contributed by atoms with E-state index in [0.29, 0.717) is 6.42 Å². The van der Waals surface area contributed by atoms with Crippen molar-refractivity contribution in [1.82, 2.24) is 0 Å². The van der Waals surface area contributed by atoms with Crippen LogP contribution in [-0.2, 0) is 14.3 Å². The van der Waals surface area contributed by atoms with Crippen molar-refractivity contribution in [3.8, 4) is 0 Å². The van der Waals surface area contributed by atoms with Gasteiger partial charge < -0.3 is 9.53 Å². The Morgan fingerprint density at radius 3 is 2.29 bits per heavy atom. The van der Waals surface area contributed by atoms with Gasteiger partial charge in [0, 0.05) is 19.8 Å². The first-order chi connectivity index (χ1) is 11.6. The summed E-state index contributed by atoms with van der Waals surface area (Å²) < 4.78 is 5.38. The molecule has 0 aliphatic rings. The molecule has 0 saturated heterocycles. The number of Topliss-reactive ketones (excluding diaryl/α,β-unsaturated/α-hetero) is 1. The summed E-state index contributed by atoms with van der Waals surface area (Å²) in [5.74, 6) is 0.0931. The molecule has 0 radical (unpaired) electrons. The predicted octanol–water partition coefficient (Wildman–Crippen LogP) is 5.93. The Labute approximate surface area is 148 Å². The highest BCUT2D eigenvalue weighted by atomic mass is 16.5. The van der Waals surface area contributed by atoms with E-state index in [0.717, 1.165) is 44.9 Å². The summed E-state index contributed by atoms with van der Waals surface area (Å²) in [4.78, 5) is 22.0. The summed E-state index contributed by atoms with van der Waals surface area (Å²) in [6, 6.07) is 0. The predicted molar refractivity (Wildman–Crippen MR) is 101 cm³/mol. The second kappa shape index (κ2) is 16.5. The zero-order valence-electron chi connectivity index (χ0n) is 15.9. The van der Waals surface area contributed by atoms with Crippen LogP contribution in [-0.4, -0.2) is 17.9 Å². The van der Waals surface area contributed by atoms with E-state index in [-0.39, 0.29) is 17.9 Å². The molecule has 0 N–H and O–H groups in total. The molecular weight excluding hydrogens is 300 g/mol. The van der Waals surface area contributed by atoms with Crippen molar-refractivity contribution in [3.05, 3.63) is 24.3 Å². The zero-order valence-corrected chi connectivity index (χ0v) is 15.9. The zero-order chi connectivity index (χ0) is 18.0. The van der Waals surface area contributed by atoms with Crippen molar-refractivity contribution in [3.63, 3.8) is 0 Å². The Bertz CT molecular complexity index is 383. The monoisotopic (exact) mass is 336 g/mol. The van der Waals surface area contributed by atoms with E-state index >= 15 is 0 Å². The fraction of sp³-hybridized carbons (Fsp3) is 0.714. The summed E-state index contributed by atoms with van der Waals surface area (Å²) in [5.41, 5.74) is 0. The third-order valence-electron chi connectivity index (χ3n) is 3.89. The molecule has 24 heavy (non-hydrogen) atoms. The van der Waals surface area contributed by atoms with Crippen molar-refractivity contribution >= 4 is 11.8 Å². The lowest BCUT2D eigenvalue weighted by molar-refractivity contribution is -0.146. The van der Waals surface area contributed by atoms with Crippen LogP contribution in [0.4, 0.5) is 0 Å². The molecule has 0 aromatic carbocycles. The molecular formula is C21H36O3. The maximum absolute atomic E-state index is 11.2. The van der Waals surface area contributed by atoms with E-state index in [4.69, 9.17) is 4.74 Å². The van der Waals surface area contributed by atoms with Crippen LogP contribution in [0.25, 0.3) is 0 Å². The molecule has 0 aliphatic heterocycles. The van der Waals surface area contributed by atoms with Gasteiger partial charge in [-0.25, -0.2) is 0 Å². The first-order valence-corrected chi connectivity index (χ1v) is 9.54. The van der Waals surface area contributed by atoms with Gasteiger partial charge in [-0.3, -0.25) is 4.79 Å². The SMILES string of the molecule is CCCCCCC(C/C=C/C=C/CCCCCC(C)=O)OC(C)=O. The lowest BCUT2D eigenvalue weighted by Gasteiger charge is -2.14. The van der Waals surface area contributed by atoms with E-state index < -0.39 is 0 Å². The number of ether oxygens (including phenoxy) is 1. The van der Waals surface area contributed by atoms with Gasteiger partial charge in [-0.05, 0) is 39.0 Å². The number of hydrogen-bond donors (Lipinski definition) is 0. The molecule has 0 amide bonds. The van der Waals surface area contributed by atoms with Crippen molar-refractivity contribution in [1.29, 1.82) is 0 Å². The second-order valence-corrected chi connectivity index (χ2v) is 6.47. The van der Waals surface area contributed by atoms with Crippen LogP contribution >= 0.6 is 0 Å². The average Bonchev–Trinajstić information content (AvgIpc) is 2.52. The number of unbranched alkanes of at least 4 members (excludes halogenated alkanes) is 6. The molecule has 0 fully saturated rings. The summed E-state index contributed by atoms with van der Waals surface area (Å²) in [7, 11) is 0. The highest BCUT2D eigenvalue weighted by molar-refractivity contribution is 5.75. The normalized spacial score (nSPS) is 12.8. The second-order valence-electron chi connectivity index (χ2n) is 6.47. The van der Waals surface area contributed by atoms with Gasteiger partial charge in [0.25, 0.3) is 0 Å². The maximum Gasteiger partial charge on any atom is 0.302 e. The Kier molecular flexibility index (Phi) is 15.5. The minimum atomic E-state index is -0.190. The van der Waals surface area contributed by atoms with Crippen molar-refractivity contribution in [2.45, 2.75) is 97.5 Å². The van der Waals surface area contributed by atoms with Crippen LogP contribution in [0.1, 0.15) is 91.4 Å². The number of allylic oxidation sites excluding steroid dienone is 3. The van der Waals surface area contributed by atoms with Gasteiger partial charge in [-0.2, -0.15) is 0 Å². The van der Waals surface area contributed by atoms with Crippen LogP contribution in [0, 0.1) is 0 Å². The maximum atomic E-state index is 11.2. The first kappa shape index (κ1) is 22.6. The Morgan fingerprint density at radius 2 is 1.62 bits per heavy atom. The van der Waals surface area contributed by atoms with Crippen molar-refractivity contribution < 1.29 is 14.3 Å². The Morgan fingerprint density at radius 1 is 0.917 bits per heavy atom. The summed E-state index contributed by atoms with van der Waals surface area (Å²) >= 11 is 0. The number of carbonyl (C=O) groups excluding carboxylic acids is 2. The third kappa shape index (κ3) is 17.0. The Hall–Kier alpha value is -1.38. The van der Waals surface area contributed by atoms with Gasteiger partial charge >= 0.3 is 5.97 Å². The number of rotatable bonds is 15. The first-order valence-electron chi connectivity index (χ1n) is 9.54. The van der Waals surface area contributed by atoms with Gasteiger partial charge in [0.15, 0.2) is 0 Å². The minimum absolute atomic E-state index is 0.00980. The molecule has 1 atom stereocenters. The number of hydrogen-bond acceptors (Lipinski definition) is 3. The lowest BCUT2D eigenvalue weighted by Crippen LogP contribution is -2.15. The molecule has 0 heterocycles. The summed E-state index contributed by atoms with van der Waals surface area (Å²) in [5, 5.41) is 0. The van der Waals surface area contributed by atoms with Crippen LogP contribution in [0.5, 0.6) is 0 Å². The molecule has 0 aromatic heterocycles.